The highest BCUT2D eigenvalue weighted by Gasteiger charge is 2.34. The molecule has 2 saturated heterocycles. The second kappa shape index (κ2) is 7.63. The lowest BCUT2D eigenvalue weighted by molar-refractivity contribution is 0.464. The first-order valence-electron chi connectivity index (χ1n) is 11.5. The van der Waals surface area contributed by atoms with E-state index in [9.17, 15) is 4.79 Å². The summed E-state index contributed by atoms with van der Waals surface area (Å²) in [5, 5.41) is 5.58. The maximum Gasteiger partial charge on any atom is 0.347 e. The van der Waals surface area contributed by atoms with Crippen LogP contribution in [0.5, 0.6) is 0 Å². The van der Waals surface area contributed by atoms with Gasteiger partial charge in [0.1, 0.15) is 11.6 Å². The molecule has 2 aliphatic rings. The molecule has 3 heterocycles. The molecule has 2 atom stereocenters. The fourth-order valence-corrected chi connectivity index (χ4v) is 5.59. The maximum absolute atomic E-state index is 16.0. The first-order valence-corrected chi connectivity index (χ1v) is 11.5. The normalized spacial score (nSPS) is 20.2. The molecule has 0 radical (unpaired) electrons. The summed E-state index contributed by atoms with van der Waals surface area (Å²) in [5.74, 6) is -1.07. The molecular formula is C26H24F2N4O. The number of aromatic amines is 1. The number of hydrogen-bond acceptors (Lipinski definition) is 4. The molecule has 0 amide bonds. The Balaban J connectivity index is 1.60. The lowest BCUT2D eigenvalue weighted by Gasteiger charge is -2.34. The van der Waals surface area contributed by atoms with Gasteiger partial charge < -0.3 is 15.2 Å². The standard InChI is InChI=1S/C26H24F2N4O/c1-2-14-5-3-6-15-7-4-8-18(21(14)15)22-20(27)11-19-24(23(22)28)30-26(33)31-25(19)32-12-16-9-10-17(13-32)29-16/h3-8,11,16-17,29H,2,9-10,12-13H2,1H3,(H,30,31,33). The Labute approximate surface area is 189 Å². The quantitative estimate of drug-likeness (QED) is 0.486. The first kappa shape index (κ1) is 20.3. The van der Waals surface area contributed by atoms with E-state index in [0.29, 0.717) is 41.9 Å². The molecule has 7 heteroatoms. The van der Waals surface area contributed by atoms with E-state index in [-0.39, 0.29) is 11.1 Å². The summed E-state index contributed by atoms with van der Waals surface area (Å²) >= 11 is 0. The molecule has 6 rings (SSSR count). The molecule has 2 fully saturated rings. The van der Waals surface area contributed by atoms with Crippen molar-refractivity contribution >= 4 is 27.5 Å². The smallest absolute Gasteiger partial charge is 0.347 e. The van der Waals surface area contributed by atoms with Crippen LogP contribution in [0.4, 0.5) is 14.6 Å². The number of fused-ring (bicyclic) bond motifs is 4. The van der Waals surface area contributed by atoms with Crippen LogP contribution in [-0.4, -0.2) is 35.1 Å². The maximum atomic E-state index is 16.0. The fourth-order valence-electron chi connectivity index (χ4n) is 5.59. The Morgan fingerprint density at radius 1 is 1.09 bits per heavy atom. The lowest BCUT2D eigenvalue weighted by Crippen LogP contribution is -2.51. The Morgan fingerprint density at radius 3 is 2.55 bits per heavy atom. The SMILES string of the molecule is CCc1cccc2cccc(-c3c(F)cc4c(N5CC6CCC(C5)N6)nc(=O)[nH]c4c3F)c12. The fraction of sp³-hybridized carbons (Fsp3) is 0.308. The summed E-state index contributed by atoms with van der Waals surface area (Å²) in [6.07, 6.45) is 2.84. The molecule has 4 aromatic rings. The molecule has 2 aliphatic heterocycles. The minimum atomic E-state index is -0.762. The third-order valence-electron chi connectivity index (χ3n) is 7.06. The van der Waals surface area contributed by atoms with Crippen LogP contribution >= 0.6 is 0 Å². The van der Waals surface area contributed by atoms with Gasteiger partial charge in [0, 0.05) is 30.6 Å². The number of halogens is 2. The summed E-state index contributed by atoms with van der Waals surface area (Å²) < 4.78 is 31.7. The molecule has 0 aliphatic carbocycles. The van der Waals surface area contributed by atoms with Crippen molar-refractivity contribution in [2.24, 2.45) is 0 Å². The van der Waals surface area contributed by atoms with Gasteiger partial charge >= 0.3 is 5.69 Å². The summed E-state index contributed by atoms with van der Waals surface area (Å²) in [5.41, 5.74) is 0.746. The van der Waals surface area contributed by atoms with E-state index in [1.165, 1.54) is 6.07 Å². The molecule has 5 nitrogen and oxygen atoms in total. The van der Waals surface area contributed by atoms with Crippen molar-refractivity contribution in [1.29, 1.82) is 0 Å². The van der Waals surface area contributed by atoms with Gasteiger partial charge in [-0.2, -0.15) is 4.98 Å². The number of anilines is 1. The summed E-state index contributed by atoms with van der Waals surface area (Å²) in [6.45, 7) is 3.35. The predicted octanol–water partition coefficient (Wildman–Crippen LogP) is 4.52. The van der Waals surface area contributed by atoms with E-state index in [1.54, 1.807) is 12.1 Å². The third-order valence-corrected chi connectivity index (χ3v) is 7.06. The molecule has 3 aromatic carbocycles. The number of nitrogens with one attached hydrogen (secondary N) is 2. The van der Waals surface area contributed by atoms with Crippen LogP contribution in [-0.2, 0) is 6.42 Å². The number of hydrogen-bond donors (Lipinski definition) is 2. The van der Waals surface area contributed by atoms with E-state index in [2.05, 4.69) is 15.3 Å². The number of piperazine rings is 1. The summed E-state index contributed by atoms with van der Waals surface area (Å²) in [7, 11) is 0. The van der Waals surface area contributed by atoms with Gasteiger partial charge in [-0.25, -0.2) is 13.6 Å². The molecular weight excluding hydrogens is 422 g/mol. The minimum absolute atomic E-state index is 0.00161. The second-order valence-corrected chi connectivity index (χ2v) is 9.05. The number of rotatable bonds is 3. The third kappa shape index (κ3) is 3.22. The average Bonchev–Trinajstić information content (AvgIpc) is 3.16. The largest absolute Gasteiger partial charge is 0.353 e. The van der Waals surface area contributed by atoms with Gasteiger partial charge in [-0.3, -0.25) is 0 Å². The number of aryl methyl sites for hydroxylation is 1. The molecule has 1 aromatic heterocycles. The lowest BCUT2D eigenvalue weighted by atomic mass is 9.92. The highest BCUT2D eigenvalue weighted by molar-refractivity contribution is 6.02. The molecule has 2 unspecified atom stereocenters. The zero-order valence-electron chi connectivity index (χ0n) is 18.3. The van der Waals surface area contributed by atoms with Crippen LogP contribution in [0.3, 0.4) is 0 Å². The molecule has 0 saturated carbocycles. The van der Waals surface area contributed by atoms with Crippen molar-refractivity contribution in [2.75, 3.05) is 18.0 Å². The molecule has 0 spiro atoms. The first-order chi connectivity index (χ1) is 16.0. The van der Waals surface area contributed by atoms with Crippen LogP contribution in [0.25, 0.3) is 32.8 Å². The van der Waals surface area contributed by atoms with Crippen LogP contribution in [0, 0.1) is 11.6 Å². The van der Waals surface area contributed by atoms with Gasteiger partial charge in [0.15, 0.2) is 5.82 Å². The van der Waals surface area contributed by atoms with Gasteiger partial charge in [-0.05, 0) is 47.2 Å². The monoisotopic (exact) mass is 446 g/mol. The van der Waals surface area contributed by atoms with Crippen LogP contribution in [0.1, 0.15) is 25.3 Å². The van der Waals surface area contributed by atoms with E-state index < -0.39 is 17.3 Å². The summed E-state index contributed by atoms with van der Waals surface area (Å²) in [4.78, 5) is 21.1. The molecule has 2 bridgehead atoms. The zero-order chi connectivity index (χ0) is 22.7. The number of H-pyrrole nitrogens is 1. The van der Waals surface area contributed by atoms with E-state index in [0.717, 1.165) is 35.6 Å². The Morgan fingerprint density at radius 2 is 1.82 bits per heavy atom. The Hall–Kier alpha value is -3.32. The molecule has 33 heavy (non-hydrogen) atoms. The van der Waals surface area contributed by atoms with Crippen LogP contribution < -0.4 is 15.9 Å². The zero-order valence-corrected chi connectivity index (χ0v) is 18.3. The van der Waals surface area contributed by atoms with Crippen LogP contribution in [0.2, 0.25) is 0 Å². The highest BCUT2D eigenvalue weighted by Crippen LogP contribution is 2.38. The van der Waals surface area contributed by atoms with Crippen molar-refractivity contribution in [3.05, 3.63) is 70.1 Å². The highest BCUT2D eigenvalue weighted by atomic mass is 19.1. The van der Waals surface area contributed by atoms with Crippen molar-refractivity contribution in [2.45, 2.75) is 38.3 Å². The minimum Gasteiger partial charge on any atom is -0.353 e. The van der Waals surface area contributed by atoms with Gasteiger partial charge in [-0.15, -0.1) is 0 Å². The van der Waals surface area contributed by atoms with Crippen molar-refractivity contribution in [3.8, 4) is 11.1 Å². The second-order valence-electron chi connectivity index (χ2n) is 9.05. The van der Waals surface area contributed by atoms with Gasteiger partial charge in [-0.1, -0.05) is 43.3 Å². The Bertz CT molecular complexity index is 1450. The average molecular weight is 447 g/mol. The van der Waals surface area contributed by atoms with Crippen molar-refractivity contribution in [3.63, 3.8) is 0 Å². The topological polar surface area (TPSA) is 61.0 Å². The number of aromatic nitrogens is 2. The number of nitrogens with zero attached hydrogens (tertiary/aromatic N) is 2. The van der Waals surface area contributed by atoms with E-state index in [4.69, 9.17) is 0 Å². The van der Waals surface area contributed by atoms with Gasteiger partial charge in [0.2, 0.25) is 0 Å². The molecule has 2 N–H and O–H groups in total. The van der Waals surface area contributed by atoms with Crippen molar-refractivity contribution < 1.29 is 8.78 Å². The summed E-state index contributed by atoms with van der Waals surface area (Å²) in [6, 6.07) is 13.3. The van der Waals surface area contributed by atoms with Crippen molar-refractivity contribution in [1.82, 2.24) is 15.3 Å². The van der Waals surface area contributed by atoms with E-state index >= 15 is 8.78 Å². The number of benzene rings is 3. The van der Waals surface area contributed by atoms with E-state index in [1.807, 2.05) is 36.1 Å². The molecule has 168 valence electrons. The Kier molecular flexibility index (Phi) is 4.69. The van der Waals surface area contributed by atoms with Gasteiger partial charge in [0.25, 0.3) is 0 Å². The predicted molar refractivity (Wildman–Crippen MR) is 127 cm³/mol. The van der Waals surface area contributed by atoms with Crippen LogP contribution in [0.15, 0.2) is 47.3 Å². The van der Waals surface area contributed by atoms with Gasteiger partial charge in [0.05, 0.1) is 11.1 Å².